The fourth-order valence-corrected chi connectivity index (χ4v) is 1.92. The highest BCUT2D eigenvalue weighted by molar-refractivity contribution is 7.07. The number of nitrogen functional groups attached to an aromatic ring is 1. The highest BCUT2D eigenvalue weighted by atomic mass is 32.1. The van der Waals surface area contributed by atoms with Crippen molar-refractivity contribution in [1.82, 2.24) is 4.98 Å². The predicted molar refractivity (Wildman–Crippen MR) is 65.0 cm³/mol. The number of hydrogen-bond acceptors (Lipinski definition) is 4. The van der Waals surface area contributed by atoms with Crippen LogP contribution in [0.4, 0.5) is 11.5 Å². The minimum atomic E-state index is 0.732. The van der Waals surface area contributed by atoms with Crippen LogP contribution in [-0.2, 0) is 6.54 Å². The molecule has 3 N–H and O–H groups in total. The number of aryl methyl sites for hydroxylation is 1. The van der Waals surface area contributed by atoms with E-state index in [1.54, 1.807) is 17.5 Å². The lowest BCUT2D eigenvalue weighted by atomic mass is 10.2. The maximum Gasteiger partial charge on any atom is 0.126 e. The topological polar surface area (TPSA) is 50.9 Å². The van der Waals surface area contributed by atoms with Crippen LogP contribution < -0.4 is 11.1 Å². The fraction of sp³-hybridized carbons (Fsp3) is 0.182. The summed E-state index contributed by atoms with van der Waals surface area (Å²) in [5, 5.41) is 7.45. The summed E-state index contributed by atoms with van der Waals surface area (Å²) in [7, 11) is 0. The Bertz CT molecular complexity index is 437. The van der Waals surface area contributed by atoms with Gasteiger partial charge in [-0.05, 0) is 40.9 Å². The first-order valence-electron chi connectivity index (χ1n) is 4.73. The second-order valence-electron chi connectivity index (χ2n) is 3.41. The molecule has 2 heterocycles. The van der Waals surface area contributed by atoms with E-state index in [1.165, 1.54) is 5.56 Å². The van der Waals surface area contributed by atoms with E-state index in [9.17, 15) is 0 Å². The average Bonchev–Trinajstić information content (AvgIpc) is 2.73. The third-order valence-corrected chi connectivity index (χ3v) is 2.94. The summed E-state index contributed by atoms with van der Waals surface area (Å²) in [6, 6.07) is 4.06. The van der Waals surface area contributed by atoms with Gasteiger partial charge in [0, 0.05) is 6.54 Å². The van der Waals surface area contributed by atoms with E-state index in [4.69, 9.17) is 5.73 Å². The van der Waals surface area contributed by atoms with E-state index in [-0.39, 0.29) is 0 Å². The van der Waals surface area contributed by atoms with Crippen molar-refractivity contribution in [2.45, 2.75) is 13.5 Å². The molecule has 0 radical (unpaired) electrons. The third-order valence-electron chi connectivity index (χ3n) is 2.21. The van der Waals surface area contributed by atoms with Gasteiger partial charge in [-0.25, -0.2) is 4.98 Å². The average molecular weight is 219 g/mol. The van der Waals surface area contributed by atoms with Gasteiger partial charge in [-0.15, -0.1) is 0 Å². The molecule has 0 aliphatic rings. The molecule has 2 aromatic rings. The molecule has 0 bridgehead atoms. The standard InChI is InChI=1S/C11H13N3S/c1-8-4-11(14-6-10(8)12)13-5-9-2-3-15-7-9/h2-4,6-7H,5,12H2,1H3,(H,13,14). The van der Waals surface area contributed by atoms with Crippen LogP contribution in [0.1, 0.15) is 11.1 Å². The van der Waals surface area contributed by atoms with Crippen molar-refractivity contribution in [2.75, 3.05) is 11.1 Å². The van der Waals surface area contributed by atoms with Crippen LogP contribution >= 0.6 is 11.3 Å². The fourth-order valence-electron chi connectivity index (χ4n) is 1.25. The van der Waals surface area contributed by atoms with Crippen molar-refractivity contribution in [2.24, 2.45) is 0 Å². The monoisotopic (exact) mass is 219 g/mol. The summed E-state index contributed by atoms with van der Waals surface area (Å²) in [4.78, 5) is 4.21. The van der Waals surface area contributed by atoms with Crippen LogP contribution in [0.2, 0.25) is 0 Å². The Morgan fingerprint density at radius 3 is 3.07 bits per heavy atom. The smallest absolute Gasteiger partial charge is 0.126 e. The molecule has 15 heavy (non-hydrogen) atoms. The van der Waals surface area contributed by atoms with Crippen LogP contribution in [0.25, 0.3) is 0 Å². The highest BCUT2D eigenvalue weighted by Gasteiger charge is 1.98. The highest BCUT2D eigenvalue weighted by Crippen LogP contribution is 2.14. The lowest BCUT2D eigenvalue weighted by molar-refractivity contribution is 1.12. The maximum absolute atomic E-state index is 5.69. The van der Waals surface area contributed by atoms with Gasteiger partial charge in [-0.1, -0.05) is 0 Å². The van der Waals surface area contributed by atoms with Gasteiger partial charge in [0.15, 0.2) is 0 Å². The molecular formula is C11H13N3S. The predicted octanol–water partition coefficient (Wildman–Crippen LogP) is 2.65. The summed E-state index contributed by atoms with van der Waals surface area (Å²) in [6.45, 7) is 2.78. The minimum absolute atomic E-state index is 0.732. The molecule has 0 aliphatic heterocycles. The van der Waals surface area contributed by atoms with E-state index >= 15 is 0 Å². The Kier molecular flexibility index (Phi) is 2.87. The zero-order valence-corrected chi connectivity index (χ0v) is 9.34. The van der Waals surface area contributed by atoms with Gasteiger partial charge in [-0.3, -0.25) is 0 Å². The summed E-state index contributed by atoms with van der Waals surface area (Å²) in [5.74, 6) is 0.868. The number of anilines is 2. The molecule has 2 aromatic heterocycles. The van der Waals surface area contributed by atoms with Crippen molar-refractivity contribution in [3.8, 4) is 0 Å². The molecule has 78 valence electrons. The Balaban J connectivity index is 2.02. The second-order valence-corrected chi connectivity index (χ2v) is 4.19. The summed E-state index contributed by atoms with van der Waals surface area (Å²) >= 11 is 1.70. The third kappa shape index (κ3) is 2.47. The molecular weight excluding hydrogens is 206 g/mol. The van der Waals surface area contributed by atoms with Gasteiger partial charge in [0.05, 0.1) is 11.9 Å². The maximum atomic E-state index is 5.69. The van der Waals surface area contributed by atoms with E-state index in [0.717, 1.165) is 23.6 Å². The Hall–Kier alpha value is -1.55. The minimum Gasteiger partial charge on any atom is -0.397 e. The largest absolute Gasteiger partial charge is 0.397 e. The number of hydrogen-bond donors (Lipinski definition) is 2. The Morgan fingerprint density at radius 2 is 2.40 bits per heavy atom. The quantitative estimate of drug-likeness (QED) is 0.834. The number of nitrogens with zero attached hydrogens (tertiary/aromatic N) is 1. The number of aromatic nitrogens is 1. The van der Waals surface area contributed by atoms with Gasteiger partial charge in [0.1, 0.15) is 5.82 Å². The summed E-state index contributed by atoms with van der Waals surface area (Å²) < 4.78 is 0. The molecule has 3 nitrogen and oxygen atoms in total. The lowest BCUT2D eigenvalue weighted by Gasteiger charge is -2.06. The molecule has 0 saturated carbocycles. The van der Waals surface area contributed by atoms with Crippen molar-refractivity contribution >= 4 is 22.8 Å². The zero-order valence-electron chi connectivity index (χ0n) is 8.53. The van der Waals surface area contributed by atoms with Gasteiger partial charge in [-0.2, -0.15) is 11.3 Å². The van der Waals surface area contributed by atoms with Crippen molar-refractivity contribution in [3.05, 3.63) is 40.2 Å². The van der Waals surface area contributed by atoms with Gasteiger partial charge < -0.3 is 11.1 Å². The first-order chi connectivity index (χ1) is 7.25. The lowest BCUT2D eigenvalue weighted by Crippen LogP contribution is -2.01. The molecule has 0 atom stereocenters. The Labute approximate surface area is 93.0 Å². The van der Waals surface area contributed by atoms with E-state index in [1.807, 2.05) is 13.0 Å². The summed E-state index contributed by atoms with van der Waals surface area (Å²) in [6.07, 6.45) is 1.69. The van der Waals surface area contributed by atoms with Crippen LogP contribution in [-0.4, -0.2) is 4.98 Å². The zero-order chi connectivity index (χ0) is 10.7. The number of nitrogens with one attached hydrogen (secondary N) is 1. The van der Waals surface area contributed by atoms with E-state index in [0.29, 0.717) is 0 Å². The molecule has 0 aliphatic carbocycles. The van der Waals surface area contributed by atoms with Crippen LogP contribution in [0.5, 0.6) is 0 Å². The number of thiophene rings is 1. The van der Waals surface area contributed by atoms with Gasteiger partial charge >= 0.3 is 0 Å². The van der Waals surface area contributed by atoms with Crippen molar-refractivity contribution in [1.29, 1.82) is 0 Å². The van der Waals surface area contributed by atoms with Gasteiger partial charge in [0.25, 0.3) is 0 Å². The van der Waals surface area contributed by atoms with Crippen LogP contribution in [0.15, 0.2) is 29.1 Å². The molecule has 4 heteroatoms. The number of nitrogens with two attached hydrogens (primary N) is 1. The van der Waals surface area contributed by atoms with E-state index < -0.39 is 0 Å². The molecule has 0 aromatic carbocycles. The van der Waals surface area contributed by atoms with Crippen molar-refractivity contribution in [3.63, 3.8) is 0 Å². The molecule has 0 spiro atoms. The number of rotatable bonds is 3. The summed E-state index contributed by atoms with van der Waals surface area (Å²) in [5.41, 5.74) is 8.75. The molecule has 0 amide bonds. The molecule has 2 rings (SSSR count). The Morgan fingerprint density at radius 1 is 1.53 bits per heavy atom. The number of pyridine rings is 1. The molecule has 0 unspecified atom stereocenters. The van der Waals surface area contributed by atoms with Gasteiger partial charge in [0.2, 0.25) is 0 Å². The van der Waals surface area contributed by atoms with E-state index in [2.05, 4.69) is 27.1 Å². The SMILES string of the molecule is Cc1cc(NCc2ccsc2)ncc1N. The normalized spacial score (nSPS) is 10.2. The molecule has 0 saturated heterocycles. The second kappa shape index (κ2) is 4.31. The van der Waals surface area contributed by atoms with Crippen LogP contribution in [0, 0.1) is 6.92 Å². The molecule has 0 fully saturated rings. The van der Waals surface area contributed by atoms with Crippen LogP contribution in [0.3, 0.4) is 0 Å². The first-order valence-corrected chi connectivity index (χ1v) is 5.67. The first kappa shape index (κ1) is 9.98. The van der Waals surface area contributed by atoms with Crippen molar-refractivity contribution < 1.29 is 0 Å².